The monoisotopic (exact) mass is 669 g/mol. The number of likely N-dealkylation sites (N-methyl/N-ethyl adjacent to an activating group) is 1. The Morgan fingerprint density at radius 1 is 0.891 bits per heavy atom. The lowest BCUT2D eigenvalue weighted by Crippen LogP contribution is -2.71. The van der Waals surface area contributed by atoms with E-state index in [1.807, 2.05) is 19.9 Å². The molecule has 2 unspecified atom stereocenters. The molecule has 246 valence electrons. The number of aliphatic hydroxyl groups excluding tert-OH is 1. The first-order valence-corrected chi connectivity index (χ1v) is 18.3. The summed E-state index contributed by atoms with van der Waals surface area (Å²) in [6, 6.07) is 16.6. The smallest absolute Gasteiger partial charge is 0.296 e. The highest BCUT2D eigenvalue weighted by Crippen LogP contribution is 2.66. The molecule has 4 aliphatic rings. The molecule has 0 aromatic heterocycles. The summed E-state index contributed by atoms with van der Waals surface area (Å²) in [6.45, 7) is 3.48. The van der Waals surface area contributed by atoms with Crippen LogP contribution in [0.4, 0.5) is 0 Å². The zero-order valence-electron chi connectivity index (χ0n) is 26.3. The van der Waals surface area contributed by atoms with Crippen molar-refractivity contribution < 1.29 is 39.8 Å². The Morgan fingerprint density at radius 3 is 2.00 bits per heavy atom. The highest BCUT2D eigenvalue weighted by Gasteiger charge is 2.70. The summed E-state index contributed by atoms with van der Waals surface area (Å²) >= 11 is 0. The van der Waals surface area contributed by atoms with Crippen LogP contribution in [0.15, 0.2) is 70.5 Å². The third-order valence-corrected chi connectivity index (χ3v) is 13.4. The van der Waals surface area contributed by atoms with Crippen LogP contribution in [0.25, 0.3) is 0 Å². The van der Waals surface area contributed by atoms with E-state index in [9.17, 15) is 21.9 Å². The highest BCUT2D eigenvalue weighted by atomic mass is 32.2. The Hall–Kier alpha value is -3.00. The lowest BCUT2D eigenvalue weighted by molar-refractivity contribution is -0.182. The Balaban J connectivity index is 1.31. The predicted molar refractivity (Wildman–Crippen MR) is 169 cm³/mol. The first-order chi connectivity index (χ1) is 21.8. The molecule has 10 nitrogen and oxygen atoms in total. The van der Waals surface area contributed by atoms with Gasteiger partial charge in [0.1, 0.15) is 12.2 Å². The normalized spacial score (nSPS) is 27.9. The average molecular weight is 670 g/mol. The molecule has 46 heavy (non-hydrogen) atoms. The van der Waals surface area contributed by atoms with Crippen LogP contribution in [0.5, 0.6) is 11.5 Å². The Bertz CT molecular complexity index is 1800. The summed E-state index contributed by atoms with van der Waals surface area (Å²) in [4.78, 5) is 2.24. The van der Waals surface area contributed by atoms with Crippen molar-refractivity contribution in [3.8, 4) is 11.5 Å². The number of likely N-dealkylation sites (tertiary alicyclic amines) is 1. The summed E-state index contributed by atoms with van der Waals surface area (Å²) in [7, 11) is -4.88. The van der Waals surface area contributed by atoms with E-state index in [0.717, 1.165) is 35.2 Å². The number of nitrogens with zero attached hydrogens (tertiary/aromatic N) is 1. The topological polar surface area (TPSA) is 129 Å². The second-order valence-electron chi connectivity index (χ2n) is 13.4. The van der Waals surface area contributed by atoms with Gasteiger partial charge in [-0.3, -0.25) is 8.37 Å². The second-order valence-corrected chi connectivity index (χ2v) is 16.6. The molecule has 2 fully saturated rings. The molecule has 1 saturated carbocycles. The molecule has 3 aromatic carbocycles. The Morgan fingerprint density at radius 2 is 1.46 bits per heavy atom. The molecule has 5 atom stereocenters. The third-order valence-electron chi connectivity index (χ3n) is 10.8. The number of hydrogen-bond acceptors (Lipinski definition) is 10. The second kappa shape index (κ2) is 11.0. The highest BCUT2D eigenvalue weighted by molar-refractivity contribution is 7.87. The van der Waals surface area contributed by atoms with Gasteiger partial charge in [-0.25, -0.2) is 0 Å². The minimum atomic E-state index is -4.27. The van der Waals surface area contributed by atoms with E-state index in [-0.39, 0.29) is 28.2 Å². The van der Waals surface area contributed by atoms with Crippen LogP contribution in [0.3, 0.4) is 0 Å². The predicted octanol–water partition coefficient (Wildman–Crippen LogP) is 3.75. The average Bonchev–Trinajstić information content (AvgIpc) is 3.38. The summed E-state index contributed by atoms with van der Waals surface area (Å²) in [6.07, 6.45) is -0.448. The molecule has 2 heterocycles. The van der Waals surface area contributed by atoms with E-state index < -0.39 is 56.5 Å². The molecular formula is C34H39NO9S2. The van der Waals surface area contributed by atoms with E-state index in [1.54, 1.807) is 31.4 Å². The maximum Gasteiger partial charge on any atom is 0.296 e. The third kappa shape index (κ3) is 4.79. The van der Waals surface area contributed by atoms with Crippen LogP contribution < -0.4 is 9.47 Å². The van der Waals surface area contributed by atoms with Crippen LogP contribution in [0.2, 0.25) is 0 Å². The molecule has 7 rings (SSSR count). The summed E-state index contributed by atoms with van der Waals surface area (Å²) in [5.41, 5.74) is 1.93. The summed E-state index contributed by atoms with van der Waals surface area (Å²) in [5, 5.41) is 12.4. The number of aryl methyl sites for hydroxylation is 2. The van der Waals surface area contributed by atoms with Gasteiger partial charge in [-0.1, -0.05) is 41.5 Å². The van der Waals surface area contributed by atoms with Gasteiger partial charge in [-0.05, 0) is 88.5 Å². The quantitative estimate of drug-likeness (QED) is 0.337. The zero-order chi connectivity index (χ0) is 32.6. The van der Waals surface area contributed by atoms with Crippen molar-refractivity contribution in [1.29, 1.82) is 0 Å². The number of aliphatic hydroxyl groups is 1. The van der Waals surface area contributed by atoms with Crippen LogP contribution >= 0.6 is 0 Å². The fourth-order valence-electron chi connectivity index (χ4n) is 8.30. The number of rotatable bonds is 9. The molecule has 0 amide bonds. The van der Waals surface area contributed by atoms with E-state index >= 15 is 0 Å². The van der Waals surface area contributed by atoms with Crippen molar-refractivity contribution >= 4 is 20.2 Å². The lowest BCUT2D eigenvalue weighted by Gasteiger charge is -2.62. The van der Waals surface area contributed by atoms with Crippen molar-refractivity contribution in [1.82, 2.24) is 4.90 Å². The van der Waals surface area contributed by atoms with Gasteiger partial charge in [0.05, 0.1) is 30.1 Å². The van der Waals surface area contributed by atoms with Crippen molar-refractivity contribution in [2.24, 2.45) is 11.3 Å². The van der Waals surface area contributed by atoms with Crippen molar-refractivity contribution in [3.63, 3.8) is 0 Å². The summed E-state index contributed by atoms with van der Waals surface area (Å²) in [5.74, 6) is 1.04. The maximum atomic E-state index is 13.5. The van der Waals surface area contributed by atoms with Gasteiger partial charge in [-0.2, -0.15) is 16.8 Å². The van der Waals surface area contributed by atoms with Gasteiger partial charge in [0.2, 0.25) is 0 Å². The molecule has 1 saturated heterocycles. The minimum Gasteiger partial charge on any atom is -0.493 e. The molecule has 2 bridgehead atoms. The SMILES string of the molecule is COc1ccc2c3c1OC1C(O)C(COS(=O)(=O)c4ccc(C)cc4)(COS(=O)(=O)c4ccc(C)cc4)C[C@H]4[C@@H](C2)N(C)CC[C@]314. The molecule has 2 aliphatic carbocycles. The van der Waals surface area contributed by atoms with E-state index in [0.29, 0.717) is 17.9 Å². The first-order valence-electron chi connectivity index (χ1n) is 15.5. The van der Waals surface area contributed by atoms with Crippen LogP contribution in [0, 0.1) is 25.2 Å². The maximum absolute atomic E-state index is 13.5. The number of hydrogen-bond donors (Lipinski definition) is 1. The van der Waals surface area contributed by atoms with Crippen molar-refractivity contribution in [2.75, 3.05) is 33.9 Å². The molecule has 0 radical (unpaired) electrons. The van der Waals surface area contributed by atoms with E-state index in [1.165, 1.54) is 24.3 Å². The number of benzene rings is 3. The Labute approximate surface area is 270 Å². The van der Waals surface area contributed by atoms with Crippen LogP contribution in [-0.2, 0) is 40.4 Å². The minimum absolute atomic E-state index is 0.0311. The molecular weight excluding hydrogens is 631 g/mol. The molecule has 3 aromatic rings. The molecule has 12 heteroatoms. The van der Waals surface area contributed by atoms with Crippen LogP contribution in [0.1, 0.15) is 35.1 Å². The Kier molecular flexibility index (Phi) is 7.58. The molecule has 1 N–H and O–H groups in total. The number of methoxy groups -OCH3 is 1. The lowest BCUT2D eigenvalue weighted by atomic mass is 9.47. The van der Waals surface area contributed by atoms with E-state index in [2.05, 4.69) is 18.0 Å². The number of ether oxygens (including phenoxy) is 2. The van der Waals surface area contributed by atoms with Gasteiger partial charge >= 0.3 is 0 Å². The number of piperidine rings is 1. The van der Waals surface area contributed by atoms with Crippen molar-refractivity contribution in [2.45, 2.75) is 66.6 Å². The van der Waals surface area contributed by atoms with Gasteiger partial charge < -0.3 is 19.5 Å². The van der Waals surface area contributed by atoms with Gasteiger partial charge in [0.15, 0.2) is 11.5 Å². The standard InChI is InChI=1S/C34H39NO9S2/c1-21-5-10-24(11-6-21)45(37,38)42-19-33(20-43-46(39,40)25-12-7-22(2)8-13-25)18-26-27-17-23-9-14-28(41-4)30-29(23)34(26,15-16-35(27)3)32(44-30)31(33)36/h5-14,26-27,31-32,36H,15-20H2,1-4H3/t26-,27+,31?,32?,34-/m0/s1. The van der Waals surface area contributed by atoms with Gasteiger partial charge in [0, 0.05) is 22.4 Å². The van der Waals surface area contributed by atoms with Gasteiger partial charge in [0.25, 0.3) is 20.2 Å². The van der Waals surface area contributed by atoms with E-state index in [4.69, 9.17) is 17.8 Å². The fraction of sp³-hybridized carbons (Fsp3) is 0.471. The summed E-state index contributed by atoms with van der Waals surface area (Å²) < 4.78 is 77.7. The molecule has 1 spiro atoms. The zero-order valence-corrected chi connectivity index (χ0v) is 27.9. The molecule has 2 aliphatic heterocycles. The van der Waals surface area contributed by atoms with Gasteiger partial charge in [-0.15, -0.1) is 0 Å². The van der Waals surface area contributed by atoms with Crippen molar-refractivity contribution in [3.05, 3.63) is 82.9 Å². The first kappa shape index (κ1) is 31.6. The largest absolute Gasteiger partial charge is 0.493 e. The fourth-order valence-corrected chi connectivity index (χ4v) is 10.3. The van der Waals surface area contributed by atoms with Crippen LogP contribution in [-0.4, -0.2) is 79.0 Å².